The summed E-state index contributed by atoms with van der Waals surface area (Å²) in [6.45, 7) is 4.21. The number of sulfone groups is 1. The minimum absolute atomic E-state index is 0.0155. The zero-order chi connectivity index (χ0) is 19.5. The van der Waals surface area contributed by atoms with Crippen LogP contribution < -0.4 is 10.1 Å². The number of hydrogen-bond acceptors (Lipinski definition) is 4. The highest BCUT2D eigenvalue weighted by Crippen LogP contribution is 2.39. The Kier molecular flexibility index (Phi) is 5.56. The first-order valence-electron chi connectivity index (χ1n) is 9.11. The highest BCUT2D eigenvalue weighted by molar-refractivity contribution is 7.90. The van der Waals surface area contributed by atoms with E-state index >= 15 is 0 Å². The quantitative estimate of drug-likeness (QED) is 0.701. The van der Waals surface area contributed by atoms with Crippen molar-refractivity contribution >= 4 is 21.4 Å². The summed E-state index contributed by atoms with van der Waals surface area (Å²) >= 11 is 0. The molecule has 0 aromatic heterocycles. The number of anilines is 1. The van der Waals surface area contributed by atoms with Crippen molar-refractivity contribution in [3.63, 3.8) is 0 Å². The first-order chi connectivity index (χ1) is 12.8. The molecular formula is C21H25NO4S. The molecule has 0 saturated carbocycles. The number of rotatable bonds is 8. The maximum Gasteiger partial charge on any atom is 0.234 e. The SMILES string of the molecule is CC1(C)C(=O)Nc2ccc(OCCCCS(=O)(=O)Cc3ccccc3)cc21. The normalized spacial score (nSPS) is 15.3. The maximum atomic E-state index is 12.2. The Balaban J connectivity index is 1.46. The molecule has 1 aliphatic heterocycles. The van der Waals surface area contributed by atoms with Crippen molar-refractivity contribution in [3.8, 4) is 5.75 Å². The summed E-state index contributed by atoms with van der Waals surface area (Å²) in [7, 11) is -3.11. The van der Waals surface area contributed by atoms with Crippen LogP contribution >= 0.6 is 0 Å². The first kappa shape index (κ1) is 19.4. The average Bonchev–Trinajstić information content (AvgIpc) is 2.84. The van der Waals surface area contributed by atoms with Crippen LogP contribution in [0.2, 0.25) is 0 Å². The van der Waals surface area contributed by atoms with Gasteiger partial charge in [0.15, 0.2) is 9.84 Å². The zero-order valence-electron chi connectivity index (χ0n) is 15.7. The fourth-order valence-corrected chi connectivity index (χ4v) is 4.64. The first-order valence-corrected chi connectivity index (χ1v) is 10.9. The Hall–Kier alpha value is -2.34. The van der Waals surface area contributed by atoms with Gasteiger partial charge in [0.25, 0.3) is 0 Å². The molecule has 2 aromatic carbocycles. The van der Waals surface area contributed by atoms with E-state index in [0.29, 0.717) is 25.2 Å². The molecule has 27 heavy (non-hydrogen) atoms. The zero-order valence-corrected chi connectivity index (χ0v) is 16.5. The van der Waals surface area contributed by atoms with E-state index in [1.54, 1.807) is 0 Å². The van der Waals surface area contributed by atoms with E-state index in [4.69, 9.17) is 4.74 Å². The van der Waals surface area contributed by atoms with E-state index in [-0.39, 0.29) is 17.4 Å². The van der Waals surface area contributed by atoms with Crippen LogP contribution in [0.15, 0.2) is 48.5 Å². The number of carbonyl (C=O) groups is 1. The van der Waals surface area contributed by atoms with Crippen molar-refractivity contribution in [2.45, 2.75) is 37.9 Å². The Morgan fingerprint density at radius 1 is 1.04 bits per heavy atom. The molecule has 0 saturated heterocycles. The molecule has 0 bridgehead atoms. The number of carbonyl (C=O) groups excluding carboxylic acids is 1. The predicted molar refractivity (Wildman–Crippen MR) is 107 cm³/mol. The number of unbranched alkanes of at least 4 members (excludes halogenated alkanes) is 1. The number of ether oxygens (including phenoxy) is 1. The van der Waals surface area contributed by atoms with Gasteiger partial charge in [-0.05, 0) is 56.0 Å². The Labute approximate surface area is 160 Å². The summed E-state index contributed by atoms with van der Waals surface area (Å²) in [5, 5.41) is 2.87. The molecule has 0 aliphatic carbocycles. The summed E-state index contributed by atoms with van der Waals surface area (Å²) in [5.74, 6) is 0.917. The molecule has 0 fully saturated rings. The lowest BCUT2D eigenvalue weighted by molar-refractivity contribution is -0.119. The molecule has 6 heteroatoms. The monoisotopic (exact) mass is 387 g/mol. The molecule has 0 spiro atoms. The van der Waals surface area contributed by atoms with Crippen molar-refractivity contribution in [1.29, 1.82) is 0 Å². The molecule has 1 amide bonds. The summed E-state index contributed by atoms with van der Waals surface area (Å²) in [5.41, 5.74) is 2.00. The minimum Gasteiger partial charge on any atom is -0.494 e. The van der Waals surface area contributed by atoms with Crippen LogP contribution in [0.25, 0.3) is 0 Å². The number of fused-ring (bicyclic) bond motifs is 1. The number of nitrogens with one attached hydrogen (secondary N) is 1. The van der Waals surface area contributed by atoms with Crippen LogP contribution in [0.5, 0.6) is 5.75 Å². The van der Waals surface area contributed by atoms with Crippen LogP contribution in [0.3, 0.4) is 0 Å². The lowest BCUT2D eigenvalue weighted by atomic mass is 9.86. The van der Waals surface area contributed by atoms with Crippen molar-refractivity contribution in [1.82, 2.24) is 0 Å². The Bertz CT molecular complexity index is 920. The highest BCUT2D eigenvalue weighted by atomic mass is 32.2. The van der Waals surface area contributed by atoms with Gasteiger partial charge in [-0.25, -0.2) is 8.42 Å². The van der Waals surface area contributed by atoms with Crippen LogP contribution in [-0.4, -0.2) is 26.7 Å². The van der Waals surface area contributed by atoms with Gasteiger partial charge < -0.3 is 10.1 Å². The number of amides is 1. The summed E-state index contributed by atoms with van der Waals surface area (Å²) in [6, 6.07) is 14.8. The molecule has 1 heterocycles. The van der Waals surface area contributed by atoms with E-state index in [9.17, 15) is 13.2 Å². The average molecular weight is 388 g/mol. The minimum atomic E-state index is -3.11. The molecule has 0 radical (unpaired) electrons. The Morgan fingerprint density at radius 2 is 1.78 bits per heavy atom. The van der Waals surface area contributed by atoms with Crippen molar-refractivity contribution in [2.24, 2.45) is 0 Å². The maximum absolute atomic E-state index is 12.2. The molecule has 144 valence electrons. The van der Waals surface area contributed by atoms with Crippen molar-refractivity contribution in [2.75, 3.05) is 17.7 Å². The summed E-state index contributed by atoms with van der Waals surface area (Å²) < 4.78 is 30.1. The molecule has 2 aromatic rings. The predicted octanol–water partition coefficient (Wildman–Crippen LogP) is 3.69. The molecule has 0 unspecified atom stereocenters. The van der Waals surface area contributed by atoms with Crippen LogP contribution in [-0.2, 0) is 25.8 Å². The second-order valence-corrected chi connectivity index (χ2v) is 9.60. The number of hydrogen-bond donors (Lipinski definition) is 1. The van der Waals surface area contributed by atoms with Gasteiger partial charge in [0, 0.05) is 5.69 Å². The fraction of sp³-hybridized carbons (Fsp3) is 0.381. The van der Waals surface area contributed by atoms with Crippen molar-refractivity contribution in [3.05, 3.63) is 59.7 Å². The molecule has 1 aliphatic rings. The lowest BCUT2D eigenvalue weighted by Gasteiger charge is -2.16. The smallest absolute Gasteiger partial charge is 0.234 e. The lowest BCUT2D eigenvalue weighted by Crippen LogP contribution is -2.26. The molecule has 5 nitrogen and oxygen atoms in total. The van der Waals surface area contributed by atoms with E-state index in [1.165, 1.54) is 0 Å². The topological polar surface area (TPSA) is 72.5 Å². The Morgan fingerprint density at radius 3 is 2.52 bits per heavy atom. The fourth-order valence-electron chi connectivity index (χ4n) is 3.15. The van der Waals surface area contributed by atoms with Gasteiger partial charge in [-0.2, -0.15) is 0 Å². The third kappa shape index (κ3) is 4.69. The van der Waals surface area contributed by atoms with Gasteiger partial charge in [0.05, 0.1) is 23.5 Å². The van der Waals surface area contributed by atoms with Gasteiger partial charge in [0.2, 0.25) is 5.91 Å². The largest absolute Gasteiger partial charge is 0.494 e. The number of benzene rings is 2. The van der Waals surface area contributed by atoms with Crippen LogP contribution in [0.1, 0.15) is 37.8 Å². The third-order valence-corrected chi connectivity index (χ3v) is 6.51. The van der Waals surface area contributed by atoms with Gasteiger partial charge in [-0.1, -0.05) is 30.3 Å². The second kappa shape index (κ2) is 7.72. The molecule has 1 N–H and O–H groups in total. The van der Waals surface area contributed by atoms with E-state index in [0.717, 1.165) is 16.8 Å². The van der Waals surface area contributed by atoms with Crippen molar-refractivity contribution < 1.29 is 17.9 Å². The van der Waals surface area contributed by atoms with Crippen LogP contribution in [0.4, 0.5) is 5.69 Å². The van der Waals surface area contributed by atoms with Gasteiger partial charge >= 0.3 is 0 Å². The van der Waals surface area contributed by atoms with Gasteiger partial charge in [-0.15, -0.1) is 0 Å². The third-order valence-electron chi connectivity index (χ3n) is 4.83. The summed E-state index contributed by atoms with van der Waals surface area (Å²) in [6.07, 6.45) is 1.22. The van der Waals surface area contributed by atoms with Gasteiger partial charge in [-0.3, -0.25) is 4.79 Å². The molecule has 0 atom stereocenters. The van der Waals surface area contributed by atoms with Crippen LogP contribution in [0, 0.1) is 0 Å². The second-order valence-electron chi connectivity index (χ2n) is 7.42. The van der Waals surface area contributed by atoms with E-state index in [1.807, 2.05) is 62.4 Å². The van der Waals surface area contributed by atoms with Gasteiger partial charge in [0.1, 0.15) is 5.75 Å². The summed E-state index contributed by atoms with van der Waals surface area (Å²) in [4.78, 5) is 12.0. The molecular weight excluding hydrogens is 362 g/mol. The van der Waals surface area contributed by atoms with E-state index in [2.05, 4.69) is 5.32 Å². The standard InChI is InChI=1S/C21H25NO4S/c1-21(2)18-14-17(10-11-19(18)22-20(21)23)26-12-6-7-13-27(24,25)15-16-8-4-3-5-9-16/h3-5,8-11,14H,6-7,12-13,15H2,1-2H3,(H,22,23). The van der Waals surface area contributed by atoms with E-state index < -0.39 is 15.3 Å². The highest BCUT2D eigenvalue weighted by Gasteiger charge is 2.38. The molecule has 3 rings (SSSR count).